The van der Waals surface area contributed by atoms with Crippen LogP contribution in [0.5, 0.6) is 0 Å². The Hall–Kier alpha value is -1.94. The summed E-state index contributed by atoms with van der Waals surface area (Å²) in [5.74, 6) is 0. The Morgan fingerprint density at radius 2 is 1.37 bits per heavy atom. The van der Waals surface area contributed by atoms with E-state index < -0.39 is 16.6 Å². The number of hydrogen-bond donors (Lipinski definition) is 0. The molecule has 160 valence electrons. The van der Waals surface area contributed by atoms with Crippen LogP contribution in [-0.2, 0) is 10.5 Å². The van der Waals surface area contributed by atoms with Crippen LogP contribution in [0.4, 0.5) is 0 Å². The third-order valence-corrected chi connectivity index (χ3v) is 17.0. The average Bonchev–Trinajstić information content (AvgIpc) is 2.82. The van der Waals surface area contributed by atoms with Crippen LogP contribution in [0.2, 0.25) is 30.2 Å². The van der Waals surface area contributed by atoms with E-state index in [9.17, 15) is 0 Å². The Morgan fingerprint density at radius 3 is 1.80 bits per heavy atom. The van der Waals surface area contributed by atoms with Gasteiger partial charge in [0.1, 0.15) is 0 Å². The maximum Gasteiger partial charge on any atom is 0.204 e. The molecular formula is C26H37NOSi2. The predicted molar refractivity (Wildman–Crippen MR) is 134 cm³/mol. The van der Waals surface area contributed by atoms with Crippen LogP contribution in [0.3, 0.4) is 0 Å². The molecule has 0 aliphatic heterocycles. The second kappa shape index (κ2) is 11.5. The van der Waals surface area contributed by atoms with Crippen molar-refractivity contribution in [3.05, 3.63) is 71.4 Å². The first-order valence-electron chi connectivity index (χ1n) is 11.4. The van der Waals surface area contributed by atoms with Gasteiger partial charge < -0.3 is 4.12 Å². The molecule has 2 rings (SSSR count). The topological polar surface area (TPSA) is 33.0 Å². The molecule has 0 N–H and O–H groups in total. The molecule has 2 nitrogen and oxygen atoms in total. The van der Waals surface area contributed by atoms with Crippen LogP contribution >= 0.6 is 0 Å². The normalized spacial score (nSPS) is 12.3. The van der Waals surface area contributed by atoms with Crippen molar-refractivity contribution in [3.63, 3.8) is 0 Å². The van der Waals surface area contributed by atoms with Crippen LogP contribution < -0.4 is 0 Å². The smallest absolute Gasteiger partial charge is 0.204 e. The first-order valence-corrected chi connectivity index (χ1v) is 16.4. The van der Waals surface area contributed by atoms with Crippen molar-refractivity contribution >= 4 is 16.6 Å². The second-order valence-electron chi connectivity index (χ2n) is 8.15. The number of hydrogen-bond acceptors (Lipinski definition) is 2. The molecule has 0 heterocycles. The summed E-state index contributed by atoms with van der Waals surface area (Å²) in [5.41, 5.74) is 6.87. The third kappa shape index (κ3) is 6.04. The maximum absolute atomic E-state index is 8.97. The van der Waals surface area contributed by atoms with Crippen molar-refractivity contribution in [2.75, 3.05) is 0 Å². The molecule has 0 radical (unpaired) electrons. The molecule has 0 aromatic heterocycles. The first-order chi connectivity index (χ1) is 14.5. The molecule has 2 aromatic carbocycles. The van der Waals surface area contributed by atoms with Crippen molar-refractivity contribution in [1.29, 1.82) is 5.26 Å². The van der Waals surface area contributed by atoms with Gasteiger partial charge in [-0.25, -0.2) is 0 Å². The van der Waals surface area contributed by atoms with Crippen LogP contribution in [0.15, 0.2) is 60.3 Å². The van der Waals surface area contributed by atoms with Gasteiger partial charge in [0.15, 0.2) is 8.32 Å². The van der Waals surface area contributed by atoms with E-state index in [0.717, 1.165) is 12.0 Å². The molecule has 0 amide bonds. The Balaban J connectivity index is 2.12. The fourth-order valence-electron chi connectivity index (χ4n) is 4.17. The second-order valence-corrected chi connectivity index (χ2v) is 17.1. The molecule has 30 heavy (non-hydrogen) atoms. The van der Waals surface area contributed by atoms with Gasteiger partial charge in [-0.15, -0.1) is 0 Å². The summed E-state index contributed by atoms with van der Waals surface area (Å²) in [6.07, 6.45) is 3.31. The van der Waals surface area contributed by atoms with Gasteiger partial charge in [0.25, 0.3) is 0 Å². The fourth-order valence-corrected chi connectivity index (χ4v) is 14.1. The summed E-state index contributed by atoms with van der Waals surface area (Å²) in [6, 6.07) is 24.8. The van der Waals surface area contributed by atoms with E-state index in [0.29, 0.717) is 5.56 Å². The van der Waals surface area contributed by atoms with Crippen LogP contribution in [0.1, 0.15) is 45.7 Å². The number of benzene rings is 2. The molecule has 0 unspecified atom stereocenters. The summed E-state index contributed by atoms with van der Waals surface area (Å²) in [6.45, 7) is 11.4. The Kier molecular flexibility index (Phi) is 9.29. The van der Waals surface area contributed by atoms with Crippen LogP contribution in [0, 0.1) is 11.3 Å². The molecule has 0 saturated heterocycles. The monoisotopic (exact) mass is 435 g/mol. The van der Waals surface area contributed by atoms with Gasteiger partial charge >= 0.3 is 0 Å². The van der Waals surface area contributed by atoms with Crippen molar-refractivity contribution < 1.29 is 4.12 Å². The largest absolute Gasteiger partial charge is 0.452 e. The summed E-state index contributed by atoms with van der Waals surface area (Å²) in [4.78, 5) is 0. The van der Waals surface area contributed by atoms with E-state index in [1.807, 2.05) is 24.3 Å². The van der Waals surface area contributed by atoms with Gasteiger partial charge in [0.2, 0.25) is 8.32 Å². The highest BCUT2D eigenvalue weighted by atomic mass is 28.4. The fraction of sp³-hybridized carbons (Fsp3) is 0.423. The van der Waals surface area contributed by atoms with Gasteiger partial charge in [-0.2, -0.15) is 5.26 Å². The lowest BCUT2D eigenvalue weighted by Gasteiger charge is -2.39. The zero-order chi connectivity index (χ0) is 22.0. The SMILES string of the molecule is CC=C[Si](CC)(CC)O[Si](CC)(CC)CCc1ccc(-c2ccc(C#N)cc2)cc1. The zero-order valence-corrected chi connectivity index (χ0v) is 21.4. The van der Waals surface area contributed by atoms with Gasteiger partial charge in [0, 0.05) is 0 Å². The minimum Gasteiger partial charge on any atom is -0.452 e. The third-order valence-electron chi connectivity index (χ3n) is 6.55. The number of nitriles is 1. The zero-order valence-electron chi connectivity index (χ0n) is 19.4. The van der Waals surface area contributed by atoms with E-state index in [1.54, 1.807) is 0 Å². The molecule has 2 aromatic rings. The highest BCUT2D eigenvalue weighted by Crippen LogP contribution is 2.32. The minimum absolute atomic E-state index is 0.701. The van der Waals surface area contributed by atoms with E-state index in [2.05, 4.69) is 76.7 Å². The summed E-state index contributed by atoms with van der Waals surface area (Å²) in [7, 11) is -3.51. The first kappa shape index (κ1) is 24.3. The quantitative estimate of drug-likeness (QED) is 0.336. The molecule has 4 heteroatoms. The standard InChI is InChI=1S/C26H37NOSi2/c1-6-20-29(7-2,8-3)28-30(9-4,10-5)21-19-23-11-15-25(16-12-23)26-17-13-24(22-27)14-18-26/h6,11-18,20H,7-10,19,21H2,1-5H3. The van der Waals surface area contributed by atoms with Gasteiger partial charge in [-0.05, 0) is 72.4 Å². The maximum atomic E-state index is 8.97. The summed E-state index contributed by atoms with van der Waals surface area (Å²) >= 11 is 0. The Labute approximate surface area is 185 Å². The van der Waals surface area contributed by atoms with Crippen LogP contribution in [-0.4, -0.2) is 16.6 Å². The van der Waals surface area contributed by atoms with Crippen molar-refractivity contribution in [3.8, 4) is 17.2 Å². The molecule has 0 aliphatic rings. The van der Waals surface area contributed by atoms with Crippen molar-refractivity contribution in [2.45, 2.75) is 71.3 Å². The lowest BCUT2D eigenvalue weighted by atomic mass is 10.0. The Bertz CT molecular complexity index is 842. The van der Waals surface area contributed by atoms with E-state index >= 15 is 0 Å². The summed E-state index contributed by atoms with van der Waals surface area (Å²) in [5, 5.41) is 8.97. The highest BCUT2D eigenvalue weighted by molar-refractivity contribution is 6.89. The van der Waals surface area contributed by atoms with Crippen molar-refractivity contribution in [1.82, 2.24) is 0 Å². The number of nitrogens with zero attached hydrogens (tertiary/aromatic N) is 1. The Morgan fingerprint density at radius 1 is 0.833 bits per heavy atom. The molecular weight excluding hydrogens is 398 g/mol. The van der Waals surface area contributed by atoms with Gasteiger partial charge in [-0.1, -0.05) is 75.9 Å². The highest BCUT2D eigenvalue weighted by Gasteiger charge is 2.39. The van der Waals surface area contributed by atoms with E-state index in [4.69, 9.17) is 9.38 Å². The van der Waals surface area contributed by atoms with Crippen LogP contribution in [0.25, 0.3) is 11.1 Å². The van der Waals surface area contributed by atoms with E-state index in [1.165, 1.54) is 41.3 Å². The predicted octanol–water partition coefficient (Wildman–Crippen LogP) is 7.87. The minimum atomic E-state index is -1.76. The number of rotatable bonds is 11. The molecule has 0 atom stereocenters. The molecule has 0 spiro atoms. The van der Waals surface area contributed by atoms with Crippen molar-refractivity contribution in [2.24, 2.45) is 0 Å². The summed E-state index contributed by atoms with van der Waals surface area (Å²) < 4.78 is 7.16. The van der Waals surface area contributed by atoms with Gasteiger partial charge in [-0.3, -0.25) is 0 Å². The number of allylic oxidation sites excluding steroid dienone is 1. The molecule has 0 saturated carbocycles. The van der Waals surface area contributed by atoms with Gasteiger partial charge in [0.05, 0.1) is 11.6 Å². The lowest BCUT2D eigenvalue weighted by Crippen LogP contribution is -2.49. The van der Waals surface area contributed by atoms with E-state index in [-0.39, 0.29) is 0 Å². The molecule has 0 aliphatic carbocycles. The number of aryl methyl sites for hydroxylation is 1. The lowest BCUT2D eigenvalue weighted by molar-refractivity contribution is 0.519. The molecule has 0 fully saturated rings. The molecule has 0 bridgehead atoms. The average molecular weight is 436 g/mol.